The van der Waals surface area contributed by atoms with Crippen LogP contribution in [-0.4, -0.2) is 24.3 Å². The second-order valence-corrected chi connectivity index (χ2v) is 6.82. The van der Waals surface area contributed by atoms with E-state index >= 15 is 0 Å². The highest BCUT2D eigenvalue weighted by Crippen LogP contribution is 2.12. The van der Waals surface area contributed by atoms with Gasteiger partial charge >= 0.3 is 5.97 Å². The molecule has 148 valence electrons. The third-order valence-corrected chi connectivity index (χ3v) is 3.88. The van der Waals surface area contributed by atoms with Gasteiger partial charge in [-0.15, -0.1) is 0 Å². The molecule has 0 aliphatic rings. The van der Waals surface area contributed by atoms with E-state index in [-0.39, 0.29) is 24.2 Å². The van der Waals surface area contributed by atoms with Crippen molar-refractivity contribution >= 4 is 29.4 Å². The molecule has 0 fully saturated rings. The van der Waals surface area contributed by atoms with Crippen LogP contribution < -0.4 is 5.32 Å². The number of benzene rings is 2. The van der Waals surface area contributed by atoms with Crippen LogP contribution in [0.5, 0.6) is 0 Å². The quantitative estimate of drug-likeness (QED) is 0.418. The van der Waals surface area contributed by atoms with Gasteiger partial charge in [0.05, 0.1) is 11.6 Å². The zero-order chi connectivity index (χ0) is 21.2. The van der Waals surface area contributed by atoms with E-state index < -0.39 is 5.97 Å². The molecular weight excluding hydrogens is 368 g/mol. The molecule has 0 heterocycles. The van der Waals surface area contributed by atoms with E-state index in [9.17, 15) is 14.4 Å². The lowest BCUT2D eigenvalue weighted by atomic mass is 10.1. The molecular formula is C23H22N2O4. The van der Waals surface area contributed by atoms with Crippen molar-refractivity contribution in [2.24, 2.45) is 5.92 Å². The van der Waals surface area contributed by atoms with E-state index in [1.54, 1.807) is 54.6 Å². The molecule has 1 N–H and O–H groups in total. The van der Waals surface area contributed by atoms with Gasteiger partial charge in [-0.2, -0.15) is 5.26 Å². The van der Waals surface area contributed by atoms with Crippen molar-refractivity contribution in [1.82, 2.24) is 0 Å². The Hall–Kier alpha value is -3.72. The fourth-order valence-electron chi connectivity index (χ4n) is 2.42. The molecule has 2 aromatic rings. The summed E-state index contributed by atoms with van der Waals surface area (Å²) >= 11 is 0. The predicted molar refractivity (Wildman–Crippen MR) is 110 cm³/mol. The monoisotopic (exact) mass is 390 g/mol. The Bertz CT molecular complexity index is 936. The Balaban J connectivity index is 1.83. The first-order chi connectivity index (χ1) is 13.9. The van der Waals surface area contributed by atoms with Gasteiger partial charge in [-0.3, -0.25) is 9.59 Å². The van der Waals surface area contributed by atoms with E-state index in [0.717, 1.165) is 5.56 Å². The fraction of sp³-hybridized carbons (Fsp3) is 0.217. The molecule has 0 aliphatic carbocycles. The van der Waals surface area contributed by atoms with Crippen LogP contribution in [0.25, 0.3) is 6.08 Å². The van der Waals surface area contributed by atoms with Crippen LogP contribution in [0.1, 0.15) is 41.8 Å². The number of hydrogen-bond donors (Lipinski definition) is 1. The zero-order valence-electron chi connectivity index (χ0n) is 16.3. The summed E-state index contributed by atoms with van der Waals surface area (Å²) in [5.41, 5.74) is 2.26. The molecule has 2 rings (SSSR count). The first-order valence-corrected chi connectivity index (χ1v) is 9.15. The van der Waals surface area contributed by atoms with Gasteiger partial charge in [0.2, 0.25) is 5.91 Å². The number of anilines is 1. The molecule has 0 aromatic heterocycles. The number of nitrogens with zero attached hydrogens (tertiary/aromatic N) is 1. The number of amides is 1. The maximum absolute atomic E-state index is 12.2. The van der Waals surface area contributed by atoms with Crippen molar-refractivity contribution in [3.63, 3.8) is 0 Å². The molecule has 0 bridgehead atoms. The minimum absolute atomic E-state index is 0.0814. The van der Waals surface area contributed by atoms with Gasteiger partial charge < -0.3 is 10.1 Å². The molecule has 1 amide bonds. The molecule has 0 unspecified atom stereocenters. The number of carbonyl (C=O) groups is 3. The Labute approximate surface area is 169 Å². The van der Waals surface area contributed by atoms with Crippen molar-refractivity contribution in [3.05, 3.63) is 71.3 Å². The number of carbonyl (C=O) groups excluding carboxylic acids is 3. The summed E-state index contributed by atoms with van der Waals surface area (Å²) in [4.78, 5) is 35.7. The summed E-state index contributed by atoms with van der Waals surface area (Å²) < 4.78 is 4.97. The zero-order valence-corrected chi connectivity index (χ0v) is 16.3. The summed E-state index contributed by atoms with van der Waals surface area (Å²) in [6.07, 6.45) is 3.19. The minimum Gasteiger partial charge on any atom is -0.454 e. The number of rotatable bonds is 8. The Kier molecular flexibility index (Phi) is 7.87. The van der Waals surface area contributed by atoms with Crippen LogP contribution in [0.15, 0.2) is 54.6 Å². The second kappa shape index (κ2) is 10.6. The number of nitriles is 1. The van der Waals surface area contributed by atoms with Crippen LogP contribution >= 0.6 is 0 Å². The predicted octanol–water partition coefficient (Wildman–Crippen LogP) is 3.98. The first-order valence-electron chi connectivity index (χ1n) is 9.15. The molecule has 6 nitrogen and oxygen atoms in total. The van der Waals surface area contributed by atoms with Gasteiger partial charge in [0, 0.05) is 23.7 Å². The maximum Gasteiger partial charge on any atom is 0.331 e. The normalized spacial score (nSPS) is 10.6. The topological polar surface area (TPSA) is 96.3 Å². The van der Waals surface area contributed by atoms with E-state index in [1.807, 2.05) is 19.9 Å². The number of esters is 1. The summed E-state index contributed by atoms with van der Waals surface area (Å²) in [7, 11) is 0. The average molecular weight is 390 g/mol. The third kappa shape index (κ3) is 7.43. The van der Waals surface area contributed by atoms with Crippen molar-refractivity contribution in [2.75, 3.05) is 11.9 Å². The maximum atomic E-state index is 12.2. The molecule has 0 saturated carbocycles. The molecule has 0 spiro atoms. The van der Waals surface area contributed by atoms with E-state index in [0.29, 0.717) is 23.2 Å². The Morgan fingerprint density at radius 2 is 1.72 bits per heavy atom. The van der Waals surface area contributed by atoms with Gasteiger partial charge in [0.1, 0.15) is 0 Å². The van der Waals surface area contributed by atoms with Gasteiger partial charge in [0.15, 0.2) is 12.4 Å². The van der Waals surface area contributed by atoms with Crippen LogP contribution in [-0.2, 0) is 14.3 Å². The molecule has 0 aliphatic heterocycles. The van der Waals surface area contributed by atoms with Gasteiger partial charge in [-0.25, -0.2) is 4.79 Å². The Morgan fingerprint density at radius 3 is 2.31 bits per heavy atom. The first kappa shape index (κ1) is 21.6. The van der Waals surface area contributed by atoms with Crippen molar-refractivity contribution in [2.45, 2.75) is 20.3 Å². The highest BCUT2D eigenvalue weighted by molar-refractivity contribution is 5.99. The van der Waals surface area contributed by atoms with E-state index in [2.05, 4.69) is 5.32 Å². The number of nitrogens with one attached hydrogen (secondary N) is 1. The lowest BCUT2D eigenvalue weighted by molar-refractivity contribution is -0.136. The lowest BCUT2D eigenvalue weighted by Crippen LogP contribution is -2.14. The molecule has 0 radical (unpaired) electrons. The fourth-order valence-corrected chi connectivity index (χ4v) is 2.42. The van der Waals surface area contributed by atoms with Crippen molar-refractivity contribution in [1.29, 1.82) is 5.26 Å². The largest absolute Gasteiger partial charge is 0.454 e. The lowest BCUT2D eigenvalue weighted by Gasteiger charge is -2.08. The SMILES string of the molecule is CC(C)CC(=O)Nc1ccc(C(=O)COC(=O)/C=C/c2ccc(C#N)cc2)cc1. The van der Waals surface area contributed by atoms with Crippen molar-refractivity contribution in [3.8, 4) is 6.07 Å². The highest BCUT2D eigenvalue weighted by Gasteiger charge is 2.10. The smallest absolute Gasteiger partial charge is 0.331 e. The molecule has 0 saturated heterocycles. The van der Waals surface area contributed by atoms with Crippen LogP contribution in [0.2, 0.25) is 0 Å². The second-order valence-electron chi connectivity index (χ2n) is 6.82. The van der Waals surface area contributed by atoms with Crippen LogP contribution in [0.3, 0.4) is 0 Å². The summed E-state index contributed by atoms with van der Waals surface area (Å²) in [5.74, 6) is -0.802. The van der Waals surface area contributed by atoms with E-state index in [1.165, 1.54) is 6.08 Å². The van der Waals surface area contributed by atoms with Crippen LogP contribution in [0.4, 0.5) is 5.69 Å². The number of hydrogen-bond acceptors (Lipinski definition) is 5. The standard InChI is InChI=1S/C23H22N2O4/c1-16(2)13-22(27)25-20-10-8-19(9-11-20)21(26)15-29-23(28)12-7-17-3-5-18(14-24)6-4-17/h3-12,16H,13,15H2,1-2H3,(H,25,27)/b12-7+. The highest BCUT2D eigenvalue weighted by atomic mass is 16.5. The van der Waals surface area contributed by atoms with Crippen molar-refractivity contribution < 1.29 is 19.1 Å². The number of Topliss-reactive ketones (excluding diaryl/α,β-unsaturated/α-hetero) is 1. The summed E-state index contributed by atoms with van der Waals surface area (Å²) in [6, 6.07) is 15.1. The number of ketones is 1. The average Bonchev–Trinajstić information content (AvgIpc) is 2.70. The van der Waals surface area contributed by atoms with Gasteiger partial charge in [-0.1, -0.05) is 26.0 Å². The minimum atomic E-state index is -0.639. The summed E-state index contributed by atoms with van der Waals surface area (Å²) in [5, 5.41) is 11.5. The molecule has 29 heavy (non-hydrogen) atoms. The van der Waals surface area contributed by atoms with Crippen LogP contribution in [0, 0.1) is 17.2 Å². The third-order valence-electron chi connectivity index (χ3n) is 3.88. The Morgan fingerprint density at radius 1 is 1.07 bits per heavy atom. The molecule has 2 aromatic carbocycles. The van der Waals surface area contributed by atoms with Gasteiger partial charge in [-0.05, 0) is 54.0 Å². The van der Waals surface area contributed by atoms with E-state index in [4.69, 9.17) is 10.00 Å². The molecule has 0 atom stereocenters. The number of ether oxygens (including phenoxy) is 1. The molecule has 6 heteroatoms. The van der Waals surface area contributed by atoms with Gasteiger partial charge in [0.25, 0.3) is 0 Å². The summed E-state index contributed by atoms with van der Waals surface area (Å²) in [6.45, 7) is 3.54.